The maximum Gasteiger partial charge on any atom is 0.291 e. The number of benzene rings is 1. The van der Waals surface area contributed by atoms with Gasteiger partial charge in [-0.1, -0.05) is 6.79 Å². The molecule has 0 spiro atoms. The van der Waals surface area contributed by atoms with E-state index < -0.39 is 10.0 Å². The van der Waals surface area contributed by atoms with Gasteiger partial charge in [0.05, 0.1) is 4.92 Å². The molecule has 1 aromatic carbocycles. The molecule has 0 saturated carbocycles. The van der Waals surface area contributed by atoms with Crippen molar-refractivity contribution in [2.24, 2.45) is 0 Å². The predicted octanol–water partition coefficient (Wildman–Crippen LogP) is 1.37. The van der Waals surface area contributed by atoms with Gasteiger partial charge in [-0.25, -0.2) is 0 Å². The van der Waals surface area contributed by atoms with E-state index in [1.54, 1.807) is 12.1 Å². The van der Waals surface area contributed by atoms with Gasteiger partial charge < -0.3 is 14.8 Å². The zero-order valence-electron chi connectivity index (χ0n) is 9.41. The Morgan fingerprint density at radius 1 is 1.21 bits per heavy atom. The molecule has 0 fully saturated rings. The van der Waals surface area contributed by atoms with Crippen LogP contribution in [0.4, 0.5) is 5.69 Å². The molecule has 0 heterocycles. The molecule has 0 aromatic heterocycles. The van der Waals surface area contributed by atoms with Crippen LogP contribution in [0.1, 0.15) is 5.56 Å². The smallest absolute Gasteiger partial charge is 0.291 e. The minimum Gasteiger partial charge on any atom is -0.518 e. The number of hydrogen-bond acceptors (Lipinski definition) is 7. The first kappa shape index (κ1) is 20.1. The summed E-state index contributed by atoms with van der Waals surface area (Å²) < 4.78 is 4.70. The summed E-state index contributed by atoms with van der Waals surface area (Å²) >= 11 is 0. The molecule has 10 nitrogen and oxygen atoms in total. The predicted molar refractivity (Wildman–Crippen MR) is 54.7 cm³/mol. The van der Waals surface area contributed by atoms with E-state index >= 15 is 0 Å². The van der Waals surface area contributed by atoms with Crippen LogP contribution in [0, 0.1) is 27.0 Å². The van der Waals surface area contributed by atoms with Gasteiger partial charge in [-0.2, -0.15) is 0 Å². The topological polar surface area (TPSA) is 145 Å². The molecule has 0 amide bonds. The molecule has 11 heteroatoms. The molecular formula is C8H9N2O8Y-. The Morgan fingerprint density at radius 2 is 1.68 bits per heavy atom. The van der Waals surface area contributed by atoms with Gasteiger partial charge >= 0.3 is 0 Å². The molecule has 19 heavy (non-hydrogen) atoms. The molecule has 0 atom stereocenters. The van der Waals surface area contributed by atoms with E-state index in [-0.39, 0.29) is 45.0 Å². The molecule has 0 saturated heterocycles. The zero-order valence-corrected chi connectivity index (χ0v) is 12.2. The number of rotatable bonds is 5. The van der Waals surface area contributed by atoms with Gasteiger partial charge in [0.15, 0.2) is 0 Å². The molecule has 0 aliphatic carbocycles. The van der Waals surface area contributed by atoms with Crippen LogP contribution in [0.2, 0.25) is 0 Å². The number of non-ortho nitro benzene ring substituents is 1. The molecule has 1 aromatic rings. The van der Waals surface area contributed by atoms with Crippen molar-refractivity contribution in [1.82, 2.24) is 0 Å². The second kappa shape index (κ2) is 11.9. The maximum absolute atomic E-state index is 10.3. The summed E-state index contributed by atoms with van der Waals surface area (Å²) in [4.78, 5) is 21.7. The maximum atomic E-state index is 10.3. The Kier molecular flexibility index (Phi) is 12.6. The number of nitro groups is 1. The van der Waals surface area contributed by atoms with Crippen LogP contribution < -0.4 is 0 Å². The molecule has 103 valence electrons. The summed E-state index contributed by atoms with van der Waals surface area (Å²) in [6.07, 6.45) is 0. The monoisotopic (exact) mass is 350 g/mol. The Morgan fingerprint density at radius 3 is 2.05 bits per heavy atom. The molecule has 2 N–H and O–H groups in total. The van der Waals surface area contributed by atoms with Crippen molar-refractivity contribution in [3.8, 4) is 0 Å². The number of nitrogens with zero attached hydrogens (tertiary/aromatic N) is 2. The summed E-state index contributed by atoms with van der Waals surface area (Å²) in [5.41, 5.74) is 0.764. The van der Waals surface area contributed by atoms with Crippen molar-refractivity contribution in [3.63, 3.8) is 0 Å². The van der Waals surface area contributed by atoms with Gasteiger partial charge in [0.25, 0.3) is 10.8 Å². The number of ether oxygens (including phenoxy) is 1. The van der Waals surface area contributed by atoms with E-state index in [9.17, 15) is 10.1 Å². The van der Waals surface area contributed by atoms with E-state index in [1.807, 2.05) is 0 Å². The molecular weight excluding hydrogens is 341 g/mol. The summed E-state index contributed by atoms with van der Waals surface area (Å²) in [5.74, 6) is 0. The van der Waals surface area contributed by atoms with Gasteiger partial charge in [-0.3, -0.25) is 15.4 Å². The Balaban J connectivity index is 0. The molecule has 0 bridgehead atoms. The largest absolute Gasteiger partial charge is 0.518 e. The van der Waals surface area contributed by atoms with Crippen molar-refractivity contribution in [3.05, 3.63) is 56.9 Å². The number of nitro benzene ring substituents is 1. The third-order valence-electron chi connectivity index (χ3n) is 1.51. The van der Waals surface area contributed by atoms with Crippen LogP contribution in [-0.4, -0.2) is 20.5 Å². The summed E-state index contributed by atoms with van der Waals surface area (Å²) in [7, 11) is 0. The summed E-state index contributed by atoms with van der Waals surface area (Å²) in [6.45, 7) is 0.944. The Hall–Kier alpha value is -1.20. The van der Waals surface area contributed by atoms with Crippen molar-refractivity contribution >= 4 is 5.69 Å². The van der Waals surface area contributed by atoms with Crippen molar-refractivity contribution in [2.45, 2.75) is 6.61 Å². The van der Waals surface area contributed by atoms with Crippen LogP contribution in [0.25, 0.3) is 0 Å². The molecule has 0 aliphatic rings. The van der Waals surface area contributed by atoms with E-state index in [2.05, 4.69) is 4.89 Å². The van der Waals surface area contributed by atoms with E-state index in [0.29, 0.717) is 0 Å². The van der Waals surface area contributed by atoms with Crippen LogP contribution in [0.3, 0.4) is 0 Å². The number of hydrogen-bond donors (Lipinski definition) is 2. The van der Waals surface area contributed by atoms with Gasteiger partial charge in [0.1, 0.15) is 0 Å². The van der Waals surface area contributed by atoms with Gasteiger partial charge in [-0.15, -0.1) is 10.1 Å². The van der Waals surface area contributed by atoms with Gasteiger partial charge in [0, 0.05) is 51.4 Å². The fourth-order valence-electron chi connectivity index (χ4n) is 0.875. The fourth-order valence-corrected chi connectivity index (χ4v) is 0.875. The first-order valence-corrected chi connectivity index (χ1v) is 4.27. The van der Waals surface area contributed by atoms with Crippen molar-refractivity contribution in [2.75, 3.05) is 0 Å². The van der Waals surface area contributed by atoms with Gasteiger partial charge in [-0.05, 0) is 17.7 Å². The quantitative estimate of drug-likeness (QED) is 0.266. The third-order valence-corrected chi connectivity index (χ3v) is 1.51. The fraction of sp³-hybridized carbons (Fsp3) is 0.125. The first-order chi connectivity index (χ1) is 8.47. The Labute approximate surface area is 132 Å². The SMILES string of the molecule is O=[N+]([O-])O.O=[N+]([O-])c1ccc(CO[CH-]OO)cc1.[Y]. The van der Waals surface area contributed by atoms with Gasteiger partial charge in [0.2, 0.25) is 0 Å². The average Bonchev–Trinajstić information content (AvgIpc) is 2.29. The van der Waals surface area contributed by atoms with E-state index in [1.165, 1.54) is 12.1 Å². The van der Waals surface area contributed by atoms with Crippen LogP contribution in [0.15, 0.2) is 24.3 Å². The second-order valence-electron chi connectivity index (χ2n) is 2.67. The van der Waals surface area contributed by atoms with Crippen molar-refractivity contribution < 1.29 is 62.8 Å². The standard InChI is InChI=1S/C8H8NO5.HNO3.Y/c10-9(11)8-3-1-7(2-4-8)5-13-6-14-12;2-1(3)4;/h1-4,6,12H,5H2;(H,2,3,4);/q-1;;. The second-order valence-corrected chi connectivity index (χ2v) is 2.67. The van der Waals surface area contributed by atoms with E-state index in [0.717, 1.165) is 12.4 Å². The third kappa shape index (κ3) is 11.6. The summed E-state index contributed by atoms with van der Waals surface area (Å²) in [5, 5.41) is 31.8. The Bertz CT molecular complexity index is 381. The van der Waals surface area contributed by atoms with Crippen LogP contribution in [-0.2, 0) is 48.9 Å². The van der Waals surface area contributed by atoms with Crippen LogP contribution >= 0.6 is 0 Å². The molecule has 0 unspecified atom stereocenters. The van der Waals surface area contributed by atoms with Crippen LogP contribution in [0.5, 0.6) is 0 Å². The minimum atomic E-state index is -1.50. The average molecular weight is 350 g/mol. The summed E-state index contributed by atoms with van der Waals surface area (Å²) in [6, 6.07) is 5.86. The minimum absolute atomic E-state index is 0. The normalized spacial score (nSPS) is 8.68. The van der Waals surface area contributed by atoms with E-state index in [4.69, 9.17) is 25.3 Å². The first-order valence-electron chi connectivity index (χ1n) is 4.27. The molecule has 1 radical (unpaired) electrons. The molecule has 0 aliphatic heterocycles. The zero-order chi connectivity index (χ0) is 14.0. The molecule has 1 rings (SSSR count). The van der Waals surface area contributed by atoms with Crippen molar-refractivity contribution in [1.29, 1.82) is 0 Å².